The number of nitrogens with zero attached hydrogens (tertiary/aromatic N) is 5. The lowest BCUT2D eigenvalue weighted by Gasteiger charge is -2.51. The largest absolute Gasteiger partial charge is 0.311 e. The van der Waals surface area contributed by atoms with Gasteiger partial charge in [0, 0.05) is 114 Å². The van der Waals surface area contributed by atoms with Gasteiger partial charge in [-0.25, -0.2) is 0 Å². The van der Waals surface area contributed by atoms with Crippen molar-refractivity contribution in [3.8, 4) is 83.6 Å². The van der Waals surface area contributed by atoms with E-state index in [0.717, 1.165) is 44.5 Å². The van der Waals surface area contributed by atoms with Crippen molar-refractivity contribution in [3.05, 3.63) is 387 Å². The first kappa shape index (κ1) is 49.2. The zero-order valence-corrected chi connectivity index (χ0v) is 61.4. The minimum absolute atomic E-state index is 0.00412. The first-order valence-electron chi connectivity index (χ1n) is 46.8. The van der Waals surface area contributed by atoms with E-state index in [1.807, 2.05) is 254 Å². The molecule has 526 valence electrons. The van der Waals surface area contributed by atoms with Crippen molar-refractivity contribution >= 4 is 142 Å². The fourth-order valence-electron chi connectivity index (χ4n) is 19.5. The van der Waals surface area contributed by atoms with Crippen molar-refractivity contribution in [2.24, 2.45) is 0 Å². The van der Waals surface area contributed by atoms with Crippen LogP contribution in [0, 0.1) is 0 Å². The van der Waals surface area contributed by atoms with Gasteiger partial charge in [0.1, 0.15) is 11.4 Å². The molecule has 0 atom stereocenters. The Bertz CT molecular complexity index is 7960. The van der Waals surface area contributed by atoms with Crippen molar-refractivity contribution in [1.82, 2.24) is 9.05 Å². The van der Waals surface area contributed by atoms with E-state index in [1.54, 1.807) is 10.6 Å². The summed E-state index contributed by atoms with van der Waals surface area (Å²) in [5.74, 6) is 0. The van der Waals surface area contributed by atoms with E-state index >= 15 is 0 Å². The first-order valence-corrected chi connectivity index (χ1v) is 38.3. The minimum Gasteiger partial charge on any atom is -0.311 e. The number of fused-ring (bicyclic) bond motifs is 16. The normalized spacial score (nSPS) is 15.9. The van der Waals surface area contributed by atoms with Gasteiger partial charge in [0.2, 0.25) is 0 Å². The third-order valence-electron chi connectivity index (χ3n) is 24.1. The maximum absolute atomic E-state index is 12.8. The molecule has 0 unspecified atom stereocenters. The third-order valence-corrected chi connectivity index (χ3v) is 24.1. The highest BCUT2D eigenvalue weighted by molar-refractivity contribution is 7.06. The van der Waals surface area contributed by atoms with Crippen LogP contribution in [0.3, 0.4) is 0 Å². The van der Waals surface area contributed by atoms with E-state index in [0.29, 0.717) is 106 Å². The molecule has 5 nitrogen and oxygen atoms in total. The molecule has 0 fully saturated rings. The molecule has 6 aliphatic heterocycles. The summed E-state index contributed by atoms with van der Waals surface area (Å²) in [4.78, 5) is 6.33. The average molecular weight is 1450 g/mol. The van der Waals surface area contributed by atoms with E-state index in [9.17, 15) is 21.9 Å². The summed E-state index contributed by atoms with van der Waals surface area (Å²) in [5, 5.41) is -0.0251. The predicted octanol–water partition coefficient (Wildman–Crippen LogP) is 24.4. The van der Waals surface area contributed by atoms with Crippen LogP contribution < -0.4 is 52.0 Å². The molecule has 0 radical (unpaired) electrons. The molecule has 0 saturated carbocycles. The number of anilines is 9. The number of benzene rings is 17. The summed E-state index contributed by atoms with van der Waals surface area (Å²) < 4.78 is 182. The van der Waals surface area contributed by atoms with Gasteiger partial charge in [0.05, 0.1) is 62.5 Å². The van der Waals surface area contributed by atoms with Gasteiger partial charge in [-0.3, -0.25) is 0 Å². The molecule has 7 heterocycles. The van der Waals surface area contributed by atoms with Crippen molar-refractivity contribution in [2.45, 2.75) is 26.2 Å². The Morgan fingerprint density at radius 1 is 0.283 bits per heavy atom. The molecule has 17 aromatic carbocycles. The number of quaternary nitrogens is 1. The second-order valence-corrected chi connectivity index (χ2v) is 30.9. The fraction of sp³-hybridized carbons (Fsp3) is 0.0377. The highest BCUT2D eigenvalue weighted by Crippen LogP contribution is 2.65. The van der Waals surface area contributed by atoms with Gasteiger partial charge in [-0.05, 0) is 132 Å². The summed E-state index contributed by atoms with van der Waals surface area (Å²) in [5.41, 5.74) is 15.3. The molecule has 0 bridgehead atoms. The smallest absolute Gasteiger partial charge is 0.267 e. The Morgan fingerprint density at radius 3 is 1.34 bits per heavy atom. The molecule has 1 aromatic heterocycles. The van der Waals surface area contributed by atoms with Crippen LogP contribution in [0.5, 0.6) is 0 Å². The van der Waals surface area contributed by atoms with Crippen LogP contribution in [0.15, 0.2) is 382 Å². The first-order chi connectivity index (χ1) is 62.9. The summed E-state index contributed by atoms with van der Waals surface area (Å²) in [7, 11) is 0. The van der Waals surface area contributed by atoms with E-state index in [1.165, 1.54) is 0 Å². The third kappa shape index (κ3) is 8.83. The van der Waals surface area contributed by atoms with Crippen molar-refractivity contribution < 1.29 is 23.3 Å². The van der Waals surface area contributed by atoms with Gasteiger partial charge in [0.25, 0.3) is 13.4 Å². The second kappa shape index (κ2) is 24.0. The molecule has 7 heteroatoms. The quantitative estimate of drug-likeness (QED) is 0.106. The lowest BCUT2D eigenvalue weighted by atomic mass is 9.28. The van der Waals surface area contributed by atoms with Gasteiger partial charge >= 0.3 is 0 Å². The summed E-state index contributed by atoms with van der Waals surface area (Å²) in [6, 6.07) is 82.8. The topological polar surface area (TPSA) is 14.7 Å². The summed E-state index contributed by atoms with van der Waals surface area (Å²) >= 11 is 0. The van der Waals surface area contributed by atoms with Gasteiger partial charge in [0.15, 0.2) is 11.4 Å². The molecule has 113 heavy (non-hydrogen) atoms. The SMILES string of the molecule is [2H]c1cc2c3c(c1[2H])[N+]1(c4ccccc4-c4ccccc41)c1c([2H])c([2H])c4c5c([2H])c([2H])c([2H])c([2H])c5n5c4c1B3c1c(c3c(c([2H])c1-5)N(c1c(-c4ccccc4)cccc1-c1ccccc1)c1cc(C(C)(C)C)cc4c1B3c1c([2H])c([2H])c(-c3c([2H])c([2H])c([2H])c([2H])c3[2H])c([2H])c1N4c1c(-c3ccccc3)cccc1-c1ccccc1)N2c1ccccc1-c1ccccc1. The monoisotopic (exact) mass is 1450 g/mol. The van der Waals surface area contributed by atoms with E-state index in [4.69, 9.17) is 1.37 Å². The lowest BCUT2D eigenvalue weighted by molar-refractivity contribution is 0.590. The Kier molecular flexibility index (Phi) is 10.5. The van der Waals surface area contributed by atoms with Crippen LogP contribution in [-0.2, 0) is 5.41 Å². The van der Waals surface area contributed by atoms with E-state index in [2.05, 4.69) is 54.8 Å². The molecular formula is C106H72B2N5+. The van der Waals surface area contributed by atoms with Crippen LogP contribution in [-0.4, -0.2) is 18.0 Å². The van der Waals surface area contributed by atoms with Crippen LogP contribution in [0.2, 0.25) is 0 Å². The van der Waals surface area contributed by atoms with Crippen molar-refractivity contribution in [2.75, 3.05) is 14.7 Å². The summed E-state index contributed by atoms with van der Waals surface area (Å²) in [6.07, 6.45) is 0. The summed E-state index contributed by atoms with van der Waals surface area (Å²) in [6.45, 7) is 3.62. The molecular weight excluding hydrogens is 1360 g/mol. The van der Waals surface area contributed by atoms with Crippen molar-refractivity contribution in [3.63, 3.8) is 0 Å². The number of para-hydroxylation sites is 6. The number of aromatic nitrogens is 1. The predicted molar refractivity (Wildman–Crippen MR) is 478 cm³/mol. The van der Waals surface area contributed by atoms with Crippen LogP contribution in [0.25, 0.3) is 105 Å². The van der Waals surface area contributed by atoms with Crippen LogP contribution >= 0.6 is 0 Å². The van der Waals surface area contributed by atoms with E-state index in [-0.39, 0.29) is 85.9 Å². The Labute approximate surface area is 682 Å². The Balaban J connectivity index is 1.00. The zero-order chi connectivity index (χ0) is 89.3. The second-order valence-electron chi connectivity index (χ2n) is 30.9. The highest BCUT2D eigenvalue weighted by Gasteiger charge is 2.61. The van der Waals surface area contributed by atoms with E-state index < -0.39 is 107 Å². The van der Waals surface area contributed by atoms with Crippen molar-refractivity contribution in [1.29, 1.82) is 0 Å². The molecule has 18 aromatic rings. The molecule has 0 N–H and O–H groups in total. The number of hydrogen-bond donors (Lipinski definition) is 0. The van der Waals surface area contributed by atoms with Gasteiger partial charge in [-0.1, -0.05) is 318 Å². The lowest BCUT2D eigenvalue weighted by Crippen LogP contribution is -2.69. The molecule has 1 spiro atoms. The maximum Gasteiger partial charge on any atom is 0.267 e. The van der Waals surface area contributed by atoms with Crippen LogP contribution in [0.1, 0.15) is 49.6 Å². The molecule has 24 rings (SSSR count). The fourth-order valence-corrected chi connectivity index (χ4v) is 19.5. The van der Waals surface area contributed by atoms with Gasteiger partial charge < -0.3 is 19.3 Å². The average Bonchev–Trinajstić information content (AvgIpc) is 1.36. The highest BCUT2D eigenvalue weighted by atomic mass is 15.4. The molecule has 0 aliphatic carbocycles. The zero-order valence-electron chi connectivity index (χ0n) is 78.4. The Morgan fingerprint density at radius 2 is 0.761 bits per heavy atom. The van der Waals surface area contributed by atoms with Gasteiger partial charge in [-0.15, -0.1) is 0 Å². The number of hydrogen-bond acceptors (Lipinski definition) is 3. The maximum atomic E-state index is 12.8. The molecule has 0 saturated heterocycles. The minimum atomic E-state index is -1.47. The molecule has 6 aliphatic rings. The Hall–Kier alpha value is -14.0. The molecule has 0 amide bonds. The standard InChI is InChI=1S/C106H72B2N5/c1-106(2,3)74-64-89-97-90(65-74)112(103-78(71-41-18-8-19-42-71)51-31-52-79(103)72-43-20-9-21-44-72)91-66-92-100-105(99(91)107(97)84-61-59-73(67-33-10-4-11-34-67)63-88(84)111(89)102-76(69-37-14-6-15-38-69)49-30-50-77(102)70-39-16-7-17-40-70)109(85-53-26-22-45-75(85)68-35-12-5-13-36-68)87-55-32-58-95-98(87)108(100)101-96(62-60-83-80-46-23-27-54-86(80)110(92)104(83)101)113(95)93-56-28-24-47-81(93)82-48-25-29-57-94(82)113/h4-66H,1-3H3/q+1/i4D,10D,11D,23D,27D,32D,33D,34D,46D,54D,58D,59D,60D,61D,62D,63D,66D. The number of rotatable bonds is 9. The van der Waals surface area contributed by atoms with Gasteiger partial charge in [-0.2, -0.15) is 4.48 Å². The van der Waals surface area contributed by atoms with Crippen LogP contribution in [0.4, 0.5) is 73.9 Å².